The summed E-state index contributed by atoms with van der Waals surface area (Å²) < 4.78 is 33.9. The minimum atomic E-state index is -0.670. The average Bonchev–Trinajstić information content (AvgIpc) is 2.81. The van der Waals surface area contributed by atoms with Crippen LogP contribution >= 0.6 is 28.6 Å². The summed E-state index contributed by atoms with van der Waals surface area (Å²) in [6.45, 7) is 4.13. The van der Waals surface area contributed by atoms with E-state index >= 15 is 0 Å². The van der Waals surface area contributed by atoms with E-state index in [2.05, 4.69) is 28.6 Å². The number of hydrogen-bond donors (Lipinski definition) is 2. The van der Waals surface area contributed by atoms with Crippen molar-refractivity contribution in [3.8, 4) is 0 Å². The van der Waals surface area contributed by atoms with E-state index in [1.54, 1.807) is 18.4 Å². The predicted octanol–water partition coefficient (Wildman–Crippen LogP) is 6.68. The SMILES string of the molecule is CC.CS.NC1=C(F)CCN(C(=O)OCc2ccccc2)/C1=C/c1cccc(Br)c1F. The van der Waals surface area contributed by atoms with Crippen LogP contribution in [0, 0.1) is 5.82 Å². The van der Waals surface area contributed by atoms with Gasteiger partial charge in [-0.2, -0.15) is 12.6 Å². The highest BCUT2D eigenvalue weighted by Crippen LogP contribution is 2.29. The topological polar surface area (TPSA) is 55.6 Å². The second-order valence-corrected chi connectivity index (χ2v) is 6.79. The highest BCUT2D eigenvalue weighted by molar-refractivity contribution is 9.10. The molecule has 1 heterocycles. The van der Waals surface area contributed by atoms with Crippen molar-refractivity contribution < 1.29 is 18.3 Å². The fourth-order valence-electron chi connectivity index (χ4n) is 2.67. The number of ether oxygens (including phenoxy) is 1. The van der Waals surface area contributed by atoms with Crippen LogP contribution in [-0.2, 0) is 11.3 Å². The maximum atomic E-state index is 14.3. The van der Waals surface area contributed by atoms with E-state index in [9.17, 15) is 13.6 Å². The van der Waals surface area contributed by atoms with Crippen LogP contribution in [0.2, 0.25) is 0 Å². The number of thiol groups is 1. The van der Waals surface area contributed by atoms with Gasteiger partial charge in [-0.3, -0.25) is 4.90 Å². The zero-order valence-corrected chi connectivity index (χ0v) is 20.2. The van der Waals surface area contributed by atoms with E-state index in [4.69, 9.17) is 10.5 Å². The van der Waals surface area contributed by atoms with Gasteiger partial charge in [0.1, 0.15) is 18.3 Å². The second kappa shape index (κ2) is 13.9. The van der Waals surface area contributed by atoms with Gasteiger partial charge in [0.2, 0.25) is 0 Å². The molecular weight excluding hydrogens is 486 g/mol. The zero-order valence-electron chi connectivity index (χ0n) is 17.7. The van der Waals surface area contributed by atoms with E-state index in [1.807, 2.05) is 44.2 Å². The first kappa shape index (κ1) is 26.7. The van der Waals surface area contributed by atoms with E-state index in [1.165, 1.54) is 17.0 Å². The molecule has 0 atom stereocenters. The summed E-state index contributed by atoms with van der Waals surface area (Å²) in [7, 11) is 0. The molecule has 0 radical (unpaired) electrons. The summed E-state index contributed by atoms with van der Waals surface area (Å²) >= 11 is 6.63. The number of hydrogen-bond acceptors (Lipinski definition) is 4. The number of rotatable bonds is 3. The summed E-state index contributed by atoms with van der Waals surface area (Å²) in [5.74, 6) is -1.06. The van der Waals surface area contributed by atoms with Gasteiger partial charge in [0.05, 0.1) is 15.9 Å². The van der Waals surface area contributed by atoms with Crippen LogP contribution in [0.15, 0.2) is 70.2 Å². The number of benzene rings is 2. The Morgan fingerprint density at radius 3 is 2.45 bits per heavy atom. The van der Waals surface area contributed by atoms with Gasteiger partial charge in [-0.25, -0.2) is 13.6 Å². The number of nitrogens with two attached hydrogens (primary N) is 1. The van der Waals surface area contributed by atoms with Crippen molar-refractivity contribution in [3.63, 3.8) is 0 Å². The fraction of sp³-hybridized carbons (Fsp3) is 0.261. The lowest BCUT2D eigenvalue weighted by atomic mass is 10.1. The molecule has 0 saturated carbocycles. The molecule has 2 N–H and O–H groups in total. The first-order valence-electron chi connectivity index (χ1n) is 9.70. The Labute approximate surface area is 196 Å². The molecule has 1 amide bonds. The second-order valence-electron chi connectivity index (χ2n) is 5.93. The standard InChI is InChI=1S/C20H17BrF2N2O2.C2H6.CH4S/c21-15-8-4-7-14(18(15)23)11-17-19(24)16(22)9-10-25(17)20(26)27-12-13-5-2-1-3-6-13;2*1-2/h1-8,11H,9-10,12,24H2;1-2H3;2H,1H3/b17-11+;;. The Kier molecular flexibility index (Phi) is 12.0. The van der Waals surface area contributed by atoms with Crippen LogP contribution in [-0.4, -0.2) is 23.8 Å². The first-order valence-corrected chi connectivity index (χ1v) is 11.4. The molecule has 8 heteroatoms. The monoisotopic (exact) mass is 512 g/mol. The van der Waals surface area contributed by atoms with Gasteiger partial charge in [-0.1, -0.05) is 56.3 Å². The summed E-state index contributed by atoms with van der Waals surface area (Å²) in [6, 6.07) is 13.9. The molecule has 2 aromatic carbocycles. The van der Waals surface area contributed by atoms with Gasteiger partial charge in [0.25, 0.3) is 0 Å². The summed E-state index contributed by atoms with van der Waals surface area (Å²) in [5, 5.41) is 0. The van der Waals surface area contributed by atoms with E-state index in [0.717, 1.165) is 5.56 Å². The molecule has 0 aliphatic carbocycles. The summed E-state index contributed by atoms with van der Waals surface area (Å²) in [5.41, 5.74) is 6.73. The Morgan fingerprint density at radius 1 is 1.16 bits per heavy atom. The largest absolute Gasteiger partial charge is 0.444 e. The Balaban J connectivity index is 0.00000113. The Morgan fingerprint density at radius 2 is 1.81 bits per heavy atom. The van der Waals surface area contributed by atoms with Crippen LogP contribution < -0.4 is 5.73 Å². The molecule has 3 rings (SSSR count). The van der Waals surface area contributed by atoms with Crippen molar-refractivity contribution in [1.82, 2.24) is 4.90 Å². The van der Waals surface area contributed by atoms with Gasteiger partial charge in [0, 0.05) is 18.5 Å². The minimum absolute atomic E-state index is 0.0232. The molecule has 0 saturated heterocycles. The first-order chi connectivity index (χ1) is 15.0. The van der Waals surface area contributed by atoms with Gasteiger partial charge in [-0.05, 0) is 39.9 Å². The molecule has 0 spiro atoms. The van der Waals surface area contributed by atoms with E-state index in [-0.39, 0.29) is 41.0 Å². The van der Waals surface area contributed by atoms with Gasteiger partial charge >= 0.3 is 6.09 Å². The lowest BCUT2D eigenvalue weighted by molar-refractivity contribution is 0.106. The smallest absolute Gasteiger partial charge is 0.414 e. The van der Waals surface area contributed by atoms with Crippen LogP contribution in [0.4, 0.5) is 13.6 Å². The van der Waals surface area contributed by atoms with Gasteiger partial charge < -0.3 is 10.5 Å². The third-order valence-electron chi connectivity index (χ3n) is 4.11. The Hall–Kier alpha value is -2.32. The average molecular weight is 513 g/mol. The third-order valence-corrected chi connectivity index (χ3v) is 4.73. The van der Waals surface area contributed by atoms with Crippen molar-refractivity contribution in [3.05, 3.63) is 87.2 Å². The van der Waals surface area contributed by atoms with Crippen molar-refractivity contribution in [2.45, 2.75) is 26.9 Å². The molecule has 168 valence electrons. The molecule has 1 aliphatic rings. The van der Waals surface area contributed by atoms with E-state index < -0.39 is 17.7 Å². The highest BCUT2D eigenvalue weighted by atomic mass is 79.9. The lowest BCUT2D eigenvalue weighted by Crippen LogP contribution is -2.37. The predicted molar refractivity (Wildman–Crippen MR) is 129 cm³/mol. The molecule has 4 nitrogen and oxygen atoms in total. The number of halogens is 3. The van der Waals surface area contributed by atoms with Crippen LogP contribution in [0.3, 0.4) is 0 Å². The number of carbonyl (C=O) groups excluding carboxylic acids is 1. The maximum Gasteiger partial charge on any atom is 0.414 e. The van der Waals surface area contributed by atoms with Crippen molar-refractivity contribution >= 4 is 40.7 Å². The van der Waals surface area contributed by atoms with Crippen LogP contribution in [0.5, 0.6) is 0 Å². The Bertz CT molecular complexity index is 921. The molecule has 0 unspecified atom stereocenters. The molecule has 0 bridgehead atoms. The molecule has 2 aromatic rings. The van der Waals surface area contributed by atoms with Gasteiger partial charge in [-0.15, -0.1) is 0 Å². The van der Waals surface area contributed by atoms with Crippen LogP contribution in [0.1, 0.15) is 31.4 Å². The van der Waals surface area contributed by atoms with Gasteiger partial charge in [0.15, 0.2) is 0 Å². The number of amides is 1. The normalized spacial score (nSPS) is 14.3. The van der Waals surface area contributed by atoms with E-state index in [0.29, 0.717) is 0 Å². The van der Waals surface area contributed by atoms with Crippen molar-refractivity contribution in [2.75, 3.05) is 12.8 Å². The molecular formula is C23H27BrF2N2O2S. The molecule has 0 fully saturated rings. The summed E-state index contributed by atoms with van der Waals surface area (Å²) in [6.07, 6.45) is 2.35. The minimum Gasteiger partial charge on any atom is -0.444 e. The zero-order chi connectivity index (χ0) is 23.4. The lowest BCUT2D eigenvalue weighted by Gasteiger charge is -2.29. The molecule has 1 aliphatic heterocycles. The fourth-order valence-corrected chi connectivity index (χ4v) is 3.05. The highest BCUT2D eigenvalue weighted by Gasteiger charge is 2.28. The van der Waals surface area contributed by atoms with Crippen molar-refractivity contribution in [1.29, 1.82) is 0 Å². The van der Waals surface area contributed by atoms with Crippen molar-refractivity contribution in [2.24, 2.45) is 5.73 Å². The number of nitrogens with zero attached hydrogens (tertiary/aromatic N) is 1. The quantitative estimate of drug-likeness (QED) is 0.450. The maximum absolute atomic E-state index is 14.3. The molecule has 0 aromatic heterocycles. The summed E-state index contributed by atoms with van der Waals surface area (Å²) in [4.78, 5) is 13.8. The molecule has 31 heavy (non-hydrogen) atoms. The third kappa shape index (κ3) is 7.40. The van der Waals surface area contributed by atoms with Crippen LogP contribution in [0.25, 0.3) is 6.08 Å². The number of carbonyl (C=O) groups is 1.